The van der Waals surface area contributed by atoms with Gasteiger partial charge in [0.05, 0.1) is 12.0 Å². The summed E-state index contributed by atoms with van der Waals surface area (Å²) < 4.78 is 0. The number of nitrogens with one attached hydrogen (secondary N) is 1. The number of carboxylic acids is 1. The smallest absolute Gasteiger partial charge is 0.317 e. The first-order valence-electron chi connectivity index (χ1n) is 7.44. The Morgan fingerprint density at radius 2 is 2.09 bits per heavy atom. The standard InChI is InChI=1S/C16H22N2O4/c1-10-6-13(15(20)21)9-18(8-10)16(22)17-11(2)12-4-3-5-14(19)7-12/h3-5,7,10-11,13,19H,6,8-9H2,1-2H3,(H,17,22)(H,20,21)/t10?,11-,13?/m1/s1. The highest BCUT2D eigenvalue weighted by atomic mass is 16.4. The SMILES string of the molecule is CC1CC(C(=O)O)CN(C(=O)N[C@H](C)c2cccc(O)c2)C1. The van der Waals surface area contributed by atoms with Crippen LogP contribution < -0.4 is 5.32 Å². The van der Waals surface area contributed by atoms with Crippen molar-refractivity contribution in [1.82, 2.24) is 10.2 Å². The number of phenolic OH excluding ortho intramolecular Hbond substituents is 1. The van der Waals surface area contributed by atoms with Gasteiger partial charge < -0.3 is 20.4 Å². The van der Waals surface area contributed by atoms with Crippen LogP contribution in [0.1, 0.15) is 31.9 Å². The van der Waals surface area contributed by atoms with Crippen molar-refractivity contribution in [2.24, 2.45) is 11.8 Å². The number of phenols is 1. The van der Waals surface area contributed by atoms with Gasteiger partial charge in [0, 0.05) is 13.1 Å². The number of rotatable bonds is 3. The van der Waals surface area contributed by atoms with E-state index in [9.17, 15) is 14.7 Å². The fourth-order valence-electron chi connectivity index (χ4n) is 2.85. The molecule has 0 bridgehead atoms. The van der Waals surface area contributed by atoms with Crippen LogP contribution >= 0.6 is 0 Å². The number of nitrogens with zero attached hydrogens (tertiary/aromatic N) is 1. The van der Waals surface area contributed by atoms with E-state index in [4.69, 9.17) is 5.11 Å². The minimum Gasteiger partial charge on any atom is -0.508 e. The van der Waals surface area contributed by atoms with Crippen molar-refractivity contribution in [3.63, 3.8) is 0 Å². The van der Waals surface area contributed by atoms with Gasteiger partial charge >= 0.3 is 12.0 Å². The molecular weight excluding hydrogens is 284 g/mol. The quantitative estimate of drug-likeness (QED) is 0.798. The fourth-order valence-corrected chi connectivity index (χ4v) is 2.85. The number of carboxylic acid groups (broad SMARTS) is 1. The zero-order valence-electron chi connectivity index (χ0n) is 12.8. The molecule has 1 aromatic carbocycles. The molecule has 0 aromatic heterocycles. The lowest BCUT2D eigenvalue weighted by Gasteiger charge is -2.35. The number of carbonyl (C=O) groups is 2. The van der Waals surface area contributed by atoms with E-state index < -0.39 is 11.9 Å². The monoisotopic (exact) mass is 306 g/mol. The summed E-state index contributed by atoms with van der Waals surface area (Å²) >= 11 is 0. The maximum atomic E-state index is 12.3. The van der Waals surface area contributed by atoms with Gasteiger partial charge in [-0.05, 0) is 37.0 Å². The van der Waals surface area contributed by atoms with E-state index in [0.717, 1.165) is 5.56 Å². The largest absolute Gasteiger partial charge is 0.508 e. The van der Waals surface area contributed by atoms with Crippen LogP contribution in [0.5, 0.6) is 5.75 Å². The predicted molar refractivity (Wildman–Crippen MR) is 81.5 cm³/mol. The van der Waals surface area contributed by atoms with E-state index >= 15 is 0 Å². The third-order valence-corrected chi connectivity index (χ3v) is 4.01. The lowest BCUT2D eigenvalue weighted by Crippen LogP contribution is -2.49. The molecule has 2 rings (SSSR count). The van der Waals surface area contributed by atoms with Crippen LogP contribution in [-0.2, 0) is 4.79 Å². The van der Waals surface area contributed by atoms with Gasteiger partial charge in [-0.3, -0.25) is 4.79 Å². The summed E-state index contributed by atoms with van der Waals surface area (Å²) in [5.74, 6) is -1.05. The van der Waals surface area contributed by atoms with Crippen LogP contribution in [0.15, 0.2) is 24.3 Å². The normalized spacial score (nSPS) is 22.9. The molecule has 2 unspecified atom stereocenters. The Bertz CT molecular complexity index is 561. The molecule has 1 aromatic rings. The van der Waals surface area contributed by atoms with Crippen LogP contribution in [0.3, 0.4) is 0 Å². The van der Waals surface area contributed by atoms with E-state index in [1.165, 1.54) is 0 Å². The molecule has 0 aliphatic carbocycles. The molecule has 3 atom stereocenters. The van der Waals surface area contributed by atoms with Crippen molar-refractivity contribution in [1.29, 1.82) is 0 Å². The summed E-state index contributed by atoms with van der Waals surface area (Å²) in [4.78, 5) is 25.1. The van der Waals surface area contributed by atoms with Crippen molar-refractivity contribution < 1.29 is 19.8 Å². The third kappa shape index (κ3) is 3.90. The van der Waals surface area contributed by atoms with Crippen molar-refractivity contribution >= 4 is 12.0 Å². The molecule has 6 nitrogen and oxygen atoms in total. The maximum absolute atomic E-state index is 12.3. The lowest BCUT2D eigenvalue weighted by atomic mass is 9.91. The summed E-state index contributed by atoms with van der Waals surface area (Å²) in [5.41, 5.74) is 0.799. The van der Waals surface area contributed by atoms with Crippen LogP contribution in [0.25, 0.3) is 0 Å². The molecule has 0 radical (unpaired) electrons. The predicted octanol–water partition coefficient (Wildman–Crippen LogP) is 2.21. The summed E-state index contributed by atoms with van der Waals surface area (Å²) in [6.07, 6.45) is 0.598. The molecule has 120 valence electrons. The second-order valence-electron chi connectivity index (χ2n) is 6.05. The van der Waals surface area contributed by atoms with Gasteiger partial charge in [-0.25, -0.2) is 4.79 Å². The Kier molecular flexibility index (Phi) is 4.90. The fraction of sp³-hybridized carbons (Fsp3) is 0.500. The lowest BCUT2D eigenvalue weighted by molar-refractivity contribution is -0.143. The average molecular weight is 306 g/mol. The van der Waals surface area contributed by atoms with Crippen LogP contribution in [0.2, 0.25) is 0 Å². The van der Waals surface area contributed by atoms with Crippen molar-refractivity contribution in [3.05, 3.63) is 29.8 Å². The Balaban J connectivity index is 2.00. The molecule has 0 saturated carbocycles. The molecular formula is C16H22N2O4. The number of likely N-dealkylation sites (tertiary alicyclic amines) is 1. The van der Waals surface area contributed by atoms with Crippen molar-refractivity contribution in [2.45, 2.75) is 26.3 Å². The highest BCUT2D eigenvalue weighted by Crippen LogP contribution is 2.23. The third-order valence-electron chi connectivity index (χ3n) is 4.01. The van der Waals surface area contributed by atoms with E-state index in [0.29, 0.717) is 13.0 Å². The van der Waals surface area contributed by atoms with Gasteiger partial charge in [-0.2, -0.15) is 0 Å². The average Bonchev–Trinajstić information content (AvgIpc) is 2.46. The Morgan fingerprint density at radius 1 is 1.36 bits per heavy atom. The Hall–Kier alpha value is -2.24. The molecule has 3 N–H and O–H groups in total. The van der Waals surface area contributed by atoms with Gasteiger partial charge in [0.2, 0.25) is 0 Å². The van der Waals surface area contributed by atoms with Gasteiger partial charge in [0.25, 0.3) is 0 Å². The zero-order chi connectivity index (χ0) is 16.3. The topological polar surface area (TPSA) is 89.9 Å². The molecule has 1 aliphatic rings. The van der Waals surface area contributed by atoms with Gasteiger partial charge in [0.15, 0.2) is 0 Å². The number of piperidine rings is 1. The Morgan fingerprint density at radius 3 is 2.73 bits per heavy atom. The molecule has 1 fully saturated rings. The number of hydrogen-bond acceptors (Lipinski definition) is 3. The first kappa shape index (κ1) is 16.1. The highest BCUT2D eigenvalue weighted by Gasteiger charge is 2.32. The number of benzene rings is 1. The number of hydrogen-bond donors (Lipinski definition) is 3. The van der Waals surface area contributed by atoms with E-state index in [1.807, 2.05) is 19.9 Å². The Labute approximate surface area is 129 Å². The molecule has 0 spiro atoms. The molecule has 1 saturated heterocycles. The van der Waals surface area contributed by atoms with E-state index in [-0.39, 0.29) is 30.3 Å². The van der Waals surface area contributed by atoms with Crippen LogP contribution in [0.4, 0.5) is 4.79 Å². The van der Waals surface area contributed by atoms with Crippen molar-refractivity contribution in [3.8, 4) is 5.75 Å². The summed E-state index contributed by atoms with van der Waals surface area (Å²) in [6.45, 7) is 4.57. The maximum Gasteiger partial charge on any atom is 0.317 e. The molecule has 22 heavy (non-hydrogen) atoms. The first-order chi connectivity index (χ1) is 10.4. The molecule has 2 amide bonds. The van der Waals surface area contributed by atoms with Crippen LogP contribution in [-0.4, -0.2) is 40.2 Å². The number of amides is 2. The van der Waals surface area contributed by atoms with E-state index in [2.05, 4.69) is 5.32 Å². The van der Waals surface area contributed by atoms with Gasteiger partial charge in [-0.15, -0.1) is 0 Å². The first-order valence-corrected chi connectivity index (χ1v) is 7.44. The number of aromatic hydroxyl groups is 1. The minimum atomic E-state index is -0.856. The van der Waals surface area contributed by atoms with Crippen molar-refractivity contribution in [2.75, 3.05) is 13.1 Å². The molecule has 1 aliphatic heterocycles. The van der Waals surface area contributed by atoms with Crippen LogP contribution in [0, 0.1) is 11.8 Å². The minimum absolute atomic E-state index is 0.149. The molecule has 6 heteroatoms. The number of urea groups is 1. The van der Waals surface area contributed by atoms with E-state index in [1.54, 1.807) is 23.1 Å². The highest BCUT2D eigenvalue weighted by molar-refractivity contribution is 5.77. The summed E-state index contributed by atoms with van der Waals surface area (Å²) in [5, 5.41) is 21.5. The second-order valence-corrected chi connectivity index (χ2v) is 6.05. The molecule has 1 heterocycles. The number of aliphatic carboxylic acids is 1. The van der Waals surface area contributed by atoms with Gasteiger partial charge in [0.1, 0.15) is 5.75 Å². The second kappa shape index (κ2) is 6.68. The van der Waals surface area contributed by atoms with Gasteiger partial charge in [-0.1, -0.05) is 19.1 Å². The summed E-state index contributed by atoms with van der Waals surface area (Å²) in [6, 6.07) is 6.18. The number of carbonyl (C=O) groups excluding carboxylic acids is 1. The summed E-state index contributed by atoms with van der Waals surface area (Å²) in [7, 11) is 0. The zero-order valence-corrected chi connectivity index (χ0v) is 12.8.